The van der Waals surface area contributed by atoms with Gasteiger partial charge in [0.15, 0.2) is 5.78 Å². The lowest BCUT2D eigenvalue weighted by Crippen LogP contribution is -2.34. The number of hydrogen-bond acceptors (Lipinski definition) is 3. The van der Waals surface area contributed by atoms with Crippen molar-refractivity contribution in [2.24, 2.45) is 35.0 Å². The molecule has 3 heteroatoms. The van der Waals surface area contributed by atoms with Gasteiger partial charge in [-0.2, -0.15) is 0 Å². The van der Waals surface area contributed by atoms with Crippen LogP contribution in [0.1, 0.15) is 53.4 Å². The number of rotatable bonds is 5. The third kappa shape index (κ3) is 3.76. The van der Waals surface area contributed by atoms with Crippen LogP contribution in [0.3, 0.4) is 0 Å². The van der Waals surface area contributed by atoms with Crippen LogP contribution in [0.25, 0.3) is 0 Å². The lowest BCUT2D eigenvalue weighted by molar-refractivity contribution is -0.119. The standard InChI is InChI=1S/C25H32O3/c1-16(14-26)6-5-7-17(2)20-10-11-25(4)13-21-18(3)12-23(28)24(21)19(15-27)8-9-22(20)25/h5-8,12,14-15,17,20-22,24H,9-11,13H2,1-4H3/b7-5-,16-6-,19-8-/t17-,20+,21+,22-,24-,25+/m0/s1. The number of carbonyl (C=O) groups excluding carboxylic acids is 3. The summed E-state index contributed by atoms with van der Waals surface area (Å²) in [5.41, 5.74) is 2.73. The Bertz CT molecular complexity index is 782. The van der Waals surface area contributed by atoms with Gasteiger partial charge in [0.05, 0.1) is 5.92 Å². The number of allylic oxidation sites excluding steroid dienone is 8. The quantitative estimate of drug-likeness (QED) is 0.381. The molecule has 0 heterocycles. The van der Waals surface area contributed by atoms with Crippen molar-refractivity contribution in [3.8, 4) is 0 Å². The van der Waals surface area contributed by atoms with E-state index in [1.165, 1.54) is 12.8 Å². The van der Waals surface area contributed by atoms with Crippen LogP contribution < -0.4 is 0 Å². The number of fused-ring (bicyclic) bond motifs is 2. The molecule has 0 saturated heterocycles. The van der Waals surface area contributed by atoms with E-state index >= 15 is 0 Å². The molecule has 28 heavy (non-hydrogen) atoms. The predicted octanol–water partition coefficient (Wildman–Crippen LogP) is 5.04. The minimum absolute atomic E-state index is 0.103. The first-order valence-electron chi connectivity index (χ1n) is 10.5. The zero-order chi connectivity index (χ0) is 20.5. The van der Waals surface area contributed by atoms with Crippen molar-refractivity contribution in [2.45, 2.75) is 53.4 Å². The smallest absolute Gasteiger partial charge is 0.163 e. The summed E-state index contributed by atoms with van der Waals surface area (Å²) in [6, 6.07) is 0. The minimum Gasteiger partial charge on any atom is -0.298 e. The van der Waals surface area contributed by atoms with E-state index in [1.807, 2.05) is 26.0 Å². The molecule has 0 bridgehead atoms. The van der Waals surface area contributed by atoms with E-state index in [0.717, 1.165) is 36.6 Å². The van der Waals surface area contributed by atoms with Gasteiger partial charge in [-0.15, -0.1) is 0 Å². The van der Waals surface area contributed by atoms with Crippen molar-refractivity contribution in [3.05, 3.63) is 47.1 Å². The van der Waals surface area contributed by atoms with Gasteiger partial charge in [-0.1, -0.05) is 43.7 Å². The minimum atomic E-state index is -0.261. The maximum atomic E-state index is 12.5. The van der Waals surface area contributed by atoms with Crippen LogP contribution in [0.5, 0.6) is 0 Å². The van der Waals surface area contributed by atoms with Gasteiger partial charge in [-0.25, -0.2) is 0 Å². The molecule has 1 saturated carbocycles. The molecule has 1 fully saturated rings. The van der Waals surface area contributed by atoms with E-state index in [0.29, 0.717) is 23.3 Å². The van der Waals surface area contributed by atoms with Gasteiger partial charge < -0.3 is 0 Å². The molecule has 0 radical (unpaired) electrons. The zero-order valence-corrected chi connectivity index (χ0v) is 17.5. The Balaban J connectivity index is 1.88. The Hall–Kier alpha value is -2.03. The fourth-order valence-corrected chi connectivity index (χ4v) is 5.88. The van der Waals surface area contributed by atoms with E-state index < -0.39 is 0 Å². The zero-order valence-electron chi connectivity index (χ0n) is 17.5. The van der Waals surface area contributed by atoms with E-state index in [2.05, 4.69) is 26.0 Å². The van der Waals surface area contributed by atoms with Crippen molar-refractivity contribution in [3.63, 3.8) is 0 Å². The van der Waals surface area contributed by atoms with Crippen LogP contribution in [-0.4, -0.2) is 18.4 Å². The number of ketones is 1. The molecular weight excluding hydrogens is 348 g/mol. The van der Waals surface area contributed by atoms with Crippen molar-refractivity contribution in [1.82, 2.24) is 0 Å². The predicted molar refractivity (Wildman–Crippen MR) is 112 cm³/mol. The highest BCUT2D eigenvalue weighted by molar-refractivity contribution is 6.01. The summed E-state index contributed by atoms with van der Waals surface area (Å²) in [5.74, 6) is 1.47. The average Bonchev–Trinajstić information content (AvgIpc) is 3.10. The fourth-order valence-electron chi connectivity index (χ4n) is 5.88. The molecule has 0 aliphatic heterocycles. The van der Waals surface area contributed by atoms with Crippen LogP contribution in [0, 0.1) is 35.0 Å². The largest absolute Gasteiger partial charge is 0.298 e. The third-order valence-electron chi connectivity index (χ3n) is 7.55. The van der Waals surface area contributed by atoms with Crippen molar-refractivity contribution < 1.29 is 14.4 Å². The lowest BCUT2D eigenvalue weighted by Gasteiger charge is -2.40. The van der Waals surface area contributed by atoms with Crippen molar-refractivity contribution >= 4 is 18.4 Å². The highest BCUT2D eigenvalue weighted by Crippen LogP contribution is 2.58. The Labute approximate surface area is 168 Å². The Morgan fingerprint density at radius 1 is 1.32 bits per heavy atom. The monoisotopic (exact) mass is 380 g/mol. The van der Waals surface area contributed by atoms with Crippen molar-refractivity contribution in [2.75, 3.05) is 0 Å². The number of carbonyl (C=O) groups is 3. The third-order valence-corrected chi connectivity index (χ3v) is 7.55. The molecule has 3 aliphatic carbocycles. The normalized spacial score (nSPS) is 38.7. The van der Waals surface area contributed by atoms with Crippen LogP contribution in [0.2, 0.25) is 0 Å². The Morgan fingerprint density at radius 2 is 2.07 bits per heavy atom. The second-order valence-electron chi connectivity index (χ2n) is 9.37. The first-order chi connectivity index (χ1) is 13.3. The Kier molecular flexibility index (Phi) is 6.02. The lowest BCUT2D eigenvalue weighted by atomic mass is 9.63. The summed E-state index contributed by atoms with van der Waals surface area (Å²) >= 11 is 0. The molecule has 3 nitrogen and oxygen atoms in total. The topological polar surface area (TPSA) is 51.2 Å². The molecule has 3 aliphatic rings. The molecule has 0 aromatic carbocycles. The molecule has 0 N–H and O–H groups in total. The number of aldehydes is 2. The highest BCUT2D eigenvalue weighted by Gasteiger charge is 2.50. The Morgan fingerprint density at radius 3 is 2.75 bits per heavy atom. The van der Waals surface area contributed by atoms with Crippen LogP contribution >= 0.6 is 0 Å². The van der Waals surface area contributed by atoms with Gasteiger partial charge in [-0.05, 0) is 85.8 Å². The summed E-state index contributed by atoms with van der Waals surface area (Å²) in [4.78, 5) is 35.0. The summed E-state index contributed by atoms with van der Waals surface area (Å²) in [5, 5.41) is 0. The van der Waals surface area contributed by atoms with Gasteiger partial charge in [0.2, 0.25) is 0 Å². The fraction of sp³-hybridized carbons (Fsp3) is 0.560. The second-order valence-corrected chi connectivity index (χ2v) is 9.37. The van der Waals surface area contributed by atoms with E-state index in [9.17, 15) is 14.4 Å². The van der Waals surface area contributed by atoms with Crippen LogP contribution in [0.4, 0.5) is 0 Å². The molecule has 6 atom stereocenters. The molecule has 0 amide bonds. The maximum Gasteiger partial charge on any atom is 0.163 e. The van der Waals surface area contributed by atoms with E-state index in [-0.39, 0.29) is 23.0 Å². The van der Waals surface area contributed by atoms with Crippen LogP contribution in [0.15, 0.2) is 47.1 Å². The van der Waals surface area contributed by atoms with Gasteiger partial charge in [0, 0.05) is 0 Å². The molecule has 0 aromatic rings. The summed E-state index contributed by atoms with van der Waals surface area (Å²) < 4.78 is 0. The summed E-state index contributed by atoms with van der Waals surface area (Å²) in [6.07, 6.45) is 15.9. The SMILES string of the molecule is CC1=CC(=O)[C@H]2/C(C=O)=C\C[C@H]3[C@@H]([C@@H](C)/C=C\C=C(\C)C=O)CC[C@]3(C)C[C@H]12. The van der Waals surface area contributed by atoms with Gasteiger partial charge in [0.1, 0.15) is 12.6 Å². The molecular formula is C25H32O3. The average molecular weight is 381 g/mol. The van der Waals surface area contributed by atoms with Gasteiger partial charge in [-0.3, -0.25) is 14.4 Å². The van der Waals surface area contributed by atoms with Gasteiger partial charge in [0.25, 0.3) is 0 Å². The molecule has 0 aromatic heterocycles. The van der Waals surface area contributed by atoms with Crippen molar-refractivity contribution in [1.29, 1.82) is 0 Å². The van der Waals surface area contributed by atoms with Crippen LogP contribution in [-0.2, 0) is 14.4 Å². The summed E-state index contributed by atoms with van der Waals surface area (Å²) in [7, 11) is 0. The van der Waals surface area contributed by atoms with E-state index in [1.54, 1.807) is 6.08 Å². The first-order valence-corrected chi connectivity index (χ1v) is 10.5. The van der Waals surface area contributed by atoms with E-state index in [4.69, 9.17) is 0 Å². The first kappa shape index (κ1) is 20.7. The molecule has 3 rings (SSSR count). The number of hydrogen-bond donors (Lipinski definition) is 0. The summed E-state index contributed by atoms with van der Waals surface area (Å²) in [6.45, 7) is 8.50. The molecule has 150 valence electrons. The second kappa shape index (κ2) is 8.14. The molecule has 0 spiro atoms. The molecule has 0 unspecified atom stereocenters. The maximum absolute atomic E-state index is 12.5. The van der Waals surface area contributed by atoms with Gasteiger partial charge >= 0.3 is 0 Å². The highest BCUT2D eigenvalue weighted by atomic mass is 16.1.